The zero-order chi connectivity index (χ0) is 7.56. The van der Waals surface area contributed by atoms with Crippen LogP contribution >= 0.6 is 0 Å². The Morgan fingerprint density at radius 1 is 1.40 bits per heavy atom. The number of aryl methyl sites for hydroxylation is 1. The minimum absolute atomic E-state index is 0.777. The molecule has 1 aromatic carbocycles. The summed E-state index contributed by atoms with van der Waals surface area (Å²) in [6, 6.07) is 5.65. The van der Waals surface area contributed by atoms with Gasteiger partial charge in [0.15, 0.2) is 0 Å². The summed E-state index contributed by atoms with van der Waals surface area (Å²) in [6.07, 6.45) is 0. The van der Waals surface area contributed by atoms with Crippen molar-refractivity contribution in [3.05, 3.63) is 23.8 Å². The Morgan fingerprint density at radius 3 is 2.60 bits per heavy atom. The molecule has 0 atom stereocenters. The molecule has 0 N–H and O–H groups in total. The fraction of sp³-hybridized carbons (Fsp3) is 0.250. The van der Waals surface area contributed by atoms with E-state index in [0.717, 1.165) is 16.8 Å². The van der Waals surface area contributed by atoms with Gasteiger partial charge in [0.1, 0.15) is 13.6 Å². The van der Waals surface area contributed by atoms with Crippen LogP contribution in [0.2, 0.25) is 0 Å². The van der Waals surface area contributed by atoms with Gasteiger partial charge in [-0.05, 0) is 19.1 Å². The van der Waals surface area contributed by atoms with Crippen molar-refractivity contribution < 1.29 is 4.74 Å². The van der Waals surface area contributed by atoms with Crippen LogP contribution in [-0.2, 0) is 0 Å². The minimum Gasteiger partial charge on any atom is -0.497 e. The highest BCUT2D eigenvalue weighted by Gasteiger charge is 1.92. The van der Waals surface area contributed by atoms with Gasteiger partial charge in [-0.25, -0.2) is 0 Å². The van der Waals surface area contributed by atoms with Gasteiger partial charge in [0.05, 0.1) is 7.11 Å². The fourth-order valence-corrected chi connectivity index (χ4v) is 0.746. The predicted molar refractivity (Wildman–Crippen MR) is 43.1 cm³/mol. The molecule has 0 spiro atoms. The Hall–Kier alpha value is -0.915. The lowest BCUT2D eigenvalue weighted by molar-refractivity contribution is 0.415. The Bertz CT molecular complexity index is 233. The molecule has 0 aliphatic carbocycles. The molecule has 1 rings (SSSR count). The standard InChI is InChI=1S/C8H9BO/c1-6-3-4-7(10-2)5-8(6)9/h3-5H,1-2H3. The van der Waals surface area contributed by atoms with E-state index >= 15 is 0 Å². The molecule has 2 heteroatoms. The number of hydrogen-bond donors (Lipinski definition) is 0. The lowest BCUT2D eigenvalue weighted by Gasteiger charge is -2.02. The molecule has 1 nitrogen and oxygen atoms in total. The molecule has 0 heterocycles. The molecule has 0 aromatic heterocycles. The molecule has 10 heavy (non-hydrogen) atoms. The van der Waals surface area contributed by atoms with E-state index in [1.165, 1.54) is 0 Å². The number of benzene rings is 1. The third-order valence-electron chi connectivity index (χ3n) is 1.49. The monoisotopic (exact) mass is 132 g/mol. The van der Waals surface area contributed by atoms with Gasteiger partial charge in [0, 0.05) is 0 Å². The van der Waals surface area contributed by atoms with E-state index < -0.39 is 0 Å². The van der Waals surface area contributed by atoms with E-state index in [1.54, 1.807) is 7.11 Å². The largest absolute Gasteiger partial charge is 0.497 e. The van der Waals surface area contributed by atoms with Gasteiger partial charge in [-0.3, -0.25) is 0 Å². The van der Waals surface area contributed by atoms with Crippen molar-refractivity contribution >= 4 is 13.3 Å². The van der Waals surface area contributed by atoms with Crippen LogP contribution in [0.1, 0.15) is 5.56 Å². The van der Waals surface area contributed by atoms with Crippen LogP contribution in [0.15, 0.2) is 18.2 Å². The topological polar surface area (TPSA) is 9.23 Å². The lowest BCUT2D eigenvalue weighted by atomic mass is 9.91. The second-order valence-electron chi connectivity index (χ2n) is 2.22. The third-order valence-corrected chi connectivity index (χ3v) is 1.49. The van der Waals surface area contributed by atoms with Crippen molar-refractivity contribution in [1.82, 2.24) is 0 Å². The van der Waals surface area contributed by atoms with Crippen molar-refractivity contribution in [3.8, 4) is 5.75 Å². The molecule has 0 amide bonds. The van der Waals surface area contributed by atoms with E-state index in [-0.39, 0.29) is 0 Å². The molecule has 0 saturated carbocycles. The Morgan fingerprint density at radius 2 is 2.10 bits per heavy atom. The van der Waals surface area contributed by atoms with Crippen molar-refractivity contribution in [3.63, 3.8) is 0 Å². The quantitative estimate of drug-likeness (QED) is 0.513. The first-order valence-corrected chi connectivity index (χ1v) is 3.14. The van der Waals surface area contributed by atoms with Gasteiger partial charge in [-0.15, -0.1) is 0 Å². The van der Waals surface area contributed by atoms with Crippen molar-refractivity contribution in [2.45, 2.75) is 6.92 Å². The lowest BCUT2D eigenvalue weighted by Crippen LogP contribution is -2.06. The summed E-state index contributed by atoms with van der Waals surface area (Å²) < 4.78 is 4.97. The van der Waals surface area contributed by atoms with E-state index in [0.29, 0.717) is 0 Å². The highest BCUT2D eigenvalue weighted by Crippen LogP contribution is 2.07. The molecule has 0 aliphatic heterocycles. The maximum Gasteiger partial charge on any atom is 0.118 e. The Labute approximate surface area is 62.4 Å². The first kappa shape index (κ1) is 7.20. The van der Waals surface area contributed by atoms with Crippen LogP contribution in [0.5, 0.6) is 5.75 Å². The van der Waals surface area contributed by atoms with Gasteiger partial charge in [-0.2, -0.15) is 0 Å². The molecule has 0 saturated heterocycles. The van der Waals surface area contributed by atoms with E-state index in [2.05, 4.69) is 0 Å². The zero-order valence-electron chi connectivity index (χ0n) is 6.22. The molecule has 50 valence electrons. The van der Waals surface area contributed by atoms with E-state index in [1.807, 2.05) is 25.1 Å². The van der Waals surface area contributed by atoms with Crippen LogP contribution < -0.4 is 10.2 Å². The predicted octanol–water partition coefficient (Wildman–Crippen LogP) is 0.797. The SMILES string of the molecule is [B]c1cc(OC)ccc1C. The maximum absolute atomic E-state index is 5.62. The van der Waals surface area contributed by atoms with Crippen LogP contribution in [0.25, 0.3) is 0 Å². The first-order chi connectivity index (χ1) is 4.74. The second-order valence-corrected chi connectivity index (χ2v) is 2.22. The maximum atomic E-state index is 5.62. The number of hydrogen-bond acceptors (Lipinski definition) is 1. The molecule has 0 unspecified atom stereocenters. The van der Waals surface area contributed by atoms with Gasteiger partial charge >= 0.3 is 0 Å². The van der Waals surface area contributed by atoms with E-state index in [4.69, 9.17) is 12.6 Å². The van der Waals surface area contributed by atoms with Crippen molar-refractivity contribution in [2.24, 2.45) is 0 Å². The van der Waals surface area contributed by atoms with Gasteiger partial charge in [0.25, 0.3) is 0 Å². The van der Waals surface area contributed by atoms with Crippen molar-refractivity contribution in [2.75, 3.05) is 7.11 Å². The number of rotatable bonds is 1. The first-order valence-electron chi connectivity index (χ1n) is 3.14. The van der Waals surface area contributed by atoms with Gasteiger partial charge in [-0.1, -0.05) is 17.1 Å². The summed E-state index contributed by atoms with van der Waals surface area (Å²) in [5, 5.41) is 0. The summed E-state index contributed by atoms with van der Waals surface area (Å²) in [7, 11) is 7.25. The van der Waals surface area contributed by atoms with E-state index in [9.17, 15) is 0 Å². The molecule has 1 aromatic rings. The summed E-state index contributed by atoms with van der Waals surface area (Å²) in [4.78, 5) is 0. The average molecular weight is 132 g/mol. The third kappa shape index (κ3) is 1.32. The molecule has 0 aliphatic rings. The Balaban J connectivity index is 3.04. The van der Waals surface area contributed by atoms with Crippen LogP contribution in [0, 0.1) is 6.92 Å². The number of methoxy groups -OCH3 is 1. The van der Waals surface area contributed by atoms with Crippen LogP contribution in [-0.4, -0.2) is 15.0 Å². The summed E-state index contributed by atoms with van der Waals surface area (Å²) in [5.74, 6) is 0.808. The van der Waals surface area contributed by atoms with Crippen LogP contribution in [0.3, 0.4) is 0 Å². The molecule has 0 fully saturated rings. The summed E-state index contributed by atoms with van der Waals surface area (Å²) in [5.41, 5.74) is 1.86. The summed E-state index contributed by atoms with van der Waals surface area (Å²) in [6.45, 7) is 1.97. The fourth-order valence-electron chi connectivity index (χ4n) is 0.746. The minimum atomic E-state index is 0.777. The smallest absolute Gasteiger partial charge is 0.118 e. The average Bonchev–Trinajstić information content (AvgIpc) is 1.95. The zero-order valence-corrected chi connectivity index (χ0v) is 6.22. The summed E-state index contributed by atoms with van der Waals surface area (Å²) >= 11 is 0. The van der Waals surface area contributed by atoms with Gasteiger partial charge < -0.3 is 4.74 Å². The van der Waals surface area contributed by atoms with Gasteiger partial charge in [0.2, 0.25) is 0 Å². The normalized spacial score (nSPS) is 9.40. The molecular weight excluding hydrogens is 123 g/mol. The molecule has 2 radical (unpaired) electrons. The van der Waals surface area contributed by atoms with Crippen molar-refractivity contribution in [1.29, 1.82) is 0 Å². The Kier molecular flexibility index (Phi) is 2.00. The second kappa shape index (κ2) is 2.78. The highest BCUT2D eigenvalue weighted by atomic mass is 16.5. The molecular formula is C8H9BO. The molecule has 0 bridgehead atoms. The highest BCUT2D eigenvalue weighted by molar-refractivity contribution is 6.33. The number of ether oxygens (including phenoxy) is 1. The van der Waals surface area contributed by atoms with Crippen LogP contribution in [0.4, 0.5) is 0 Å².